The van der Waals surface area contributed by atoms with E-state index in [-0.39, 0.29) is 17.5 Å². The summed E-state index contributed by atoms with van der Waals surface area (Å²) in [6.07, 6.45) is -1.75. The maximum Gasteiger partial charge on any atom is 0.268 e. The van der Waals surface area contributed by atoms with Crippen molar-refractivity contribution < 1.29 is 14.9 Å². The molecular weight excluding hydrogens is 304 g/mol. The van der Waals surface area contributed by atoms with Gasteiger partial charge in [0.2, 0.25) is 12.2 Å². The molecule has 0 fully saturated rings. The minimum absolute atomic E-state index is 0.0371. The third-order valence-electron chi connectivity index (χ3n) is 2.57. The molecule has 110 valence electrons. The van der Waals surface area contributed by atoms with Crippen LogP contribution >= 0.6 is 11.3 Å². The summed E-state index contributed by atoms with van der Waals surface area (Å²) >= 11 is 1.31. The largest absolute Gasteiger partial charge is 0.416 e. The van der Waals surface area contributed by atoms with E-state index in [0.717, 1.165) is 5.56 Å². The molecule has 0 spiro atoms. The van der Waals surface area contributed by atoms with E-state index in [2.05, 4.69) is 32.2 Å². The maximum absolute atomic E-state index is 9.11. The molecule has 2 aromatic heterocycles. The van der Waals surface area contributed by atoms with Crippen LogP contribution in [0, 0.1) is 11.8 Å². The van der Waals surface area contributed by atoms with Gasteiger partial charge in [-0.25, -0.2) is 0 Å². The van der Waals surface area contributed by atoms with Gasteiger partial charge in [-0.2, -0.15) is 4.98 Å². The number of ether oxygens (including phenoxy) is 1. The van der Waals surface area contributed by atoms with Crippen molar-refractivity contribution in [3.63, 3.8) is 0 Å². The van der Waals surface area contributed by atoms with E-state index in [0.29, 0.717) is 5.01 Å². The highest BCUT2D eigenvalue weighted by atomic mass is 32.1. The number of aromatic nitrogens is 4. The lowest BCUT2D eigenvalue weighted by Crippen LogP contribution is -1.98. The third-order valence-corrected chi connectivity index (χ3v) is 3.31. The number of nitrogens with zero attached hydrogens (tertiary/aromatic N) is 3. The van der Waals surface area contributed by atoms with Crippen LogP contribution in [0.1, 0.15) is 22.6 Å². The number of nitrogens with one attached hydrogen (secondary N) is 1. The van der Waals surface area contributed by atoms with Gasteiger partial charge in [0, 0.05) is 5.56 Å². The van der Waals surface area contributed by atoms with Crippen molar-refractivity contribution in [3.8, 4) is 23.6 Å². The molecule has 0 aliphatic carbocycles. The molecule has 1 aromatic carbocycles. The first-order chi connectivity index (χ1) is 10.7. The lowest BCUT2D eigenvalue weighted by atomic mass is 10.2. The molecule has 0 atom stereocenters. The van der Waals surface area contributed by atoms with Crippen molar-refractivity contribution >= 4 is 11.3 Å². The van der Waals surface area contributed by atoms with Gasteiger partial charge in [-0.1, -0.05) is 34.4 Å². The number of aliphatic hydroxyl groups excluding tert-OH is 1. The number of thiazole rings is 1. The number of aromatic amines is 1. The van der Waals surface area contributed by atoms with Gasteiger partial charge in [0.25, 0.3) is 5.88 Å². The molecule has 0 saturated heterocycles. The zero-order valence-electron chi connectivity index (χ0n) is 11.1. The van der Waals surface area contributed by atoms with Gasteiger partial charge in [0.05, 0.1) is 5.38 Å². The smallest absolute Gasteiger partial charge is 0.268 e. The Morgan fingerprint density at radius 1 is 1.18 bits per heavy atom. The maximum atomic E-state index is 9.11. The van der Waals surface area contributed by atoms with Crippen molar-refractivity contribution in [3.05, 3.63) is 52.0 Å². The predicted octanol–water partition coefficient (Wildman–Crippen LogP) is 1.44. The second kappa shape index (κ2) is 6.36. The minimum Gasteiger partial charge on any atom is -0.416 e. The van der Waals surface area contributed by atoms with Crippen LogP contribution in [0.2, 0.25) is 0 Å². The average molecular weight is 314 g/mol. The topological polar surface area (TPSA) is 104 Å². The van der Waals surface area contributed by atoms with E-state index in [1.165, 1.54) is 11.3 Å². The van der Waals surface area contributed by atoms with Crippen LogP contribution in [-0.4, -0.2) is 30.6 Å². The molecule has 22 heavy (non-hydrogen) atoms. The lowest BCUT2D eigenvalue weighted by Gasteiger charge is -2.01. The number of H-pyrrole nitrogens is 1. The molecule has 0 bridgehead atoms. The molecule has 0 aliphatic heterocycles. The second-order valence-electron chi connectivity index (χ2n) is 4.11. The molecule has 3 aromatic rings. The monoisotopic (exact) mass is 314 g/mol. The Morgan fingerprint density at radius 2 is 2.00 bits per heavy atom. The molecule has 7 nitrogen and oxygen atoms in total. The summed E-state index contributed by atoms with van der Waals surface area (Å²) in [4.78, 5) is 4.18. The highest BCUT2D eigenvalue weighted by molar-refractivity contribution is 7.10. The predicted molar refractivity (Wildman–Crippen MR) is 78.2 cm³/mol. The molecule has 0 aliphatic rings. The van der Waals surface area contributed by atoms with Gasteiger partial charge in [0.1, 0.15) is 0 Å². The first-order valence-electron chi connectivity index (χ1n) is 6.20. The summed E-state index contributed by atoms with van der Waals surface area (Å²) < 4.78 is 5.35. The van der Waals surface area contributed by atoms with Crippen LogP contribution in [0.5, 0.6) is 11.8 Å². The van der Waals surface area contributed by atoms with Crippen LogP contribution < -0.4 is 4.74 Å². The molecule has 3 rings (SSSR count). The third kappa shape index (κ3) is 3.29. The number of benzene rings is 1. The Hall–Kier alpha value is -2.73. The Morgan fingerprint density at radius 3 is 2.77 bits per heavy atom. The lowest BCUT2D eigenvalue weighted by molar-refractivity contribution is -0.0471. The van der Waals surface area contributed by atoms with Crippen LogP contribution in [0.25, 0.3) is 0 Å². The molecular formula is C14H10N4O3S. The fraction of sp³-hybridized carbons (Fsp3) is 0.0714. The summed E-state index contributed by atoms with van der Waals surface area (Å²) in [5.41, 5.74) is 0.854. The van der Waals surface area contributed by atoms with Crippen molar-refractivity contribution in [2.45, 2.75) is 6.29 Å². The first kappa shape index (κ1) is 14.2. The Labute approximate surface area is 129 Å². The van der Waals surface area contributed by atoms with Gasteiger partial charge >= 0.3 is 0 Å². The van der Waals surface area contributed by atoms with Crippen molar-refractivity contribution in [1.82, 2.24) is 20.4 Å². The van der Waals surface area contributed by atoms with E-state index in [4.69, 9.17) is 14.9 Å². The molecule has 0 radical (unpaired) electrons. The van der Waals surface area contributed by atoms with E-state index in [9.17, 15) is 0 Å². The summed E-state index contributed by atoms with van der Waals surface area (Å²) in [7, 11) is 0. The normalized spacial score (nSPS) is 10.3. The summed E-state index contributed by atoms with van der Waals surface area (Å²) in [5, 5.41) is 29.9. The molecule has 0 saturated carbocycles. The van der Waals surface area contributed by atoms with E-state index in [1.54, 1.807) is 5.38 Å². The molecule has 8 heteroatoms. The van der Waals surface area contributed by atoms with Crippen molar-refractivity contribution in [1.29, 1.82) is 0 Å². The highest BCUT2D eigenvalue weighted by Gasteiger charge is 2.16. The molecule has 0 unspecified atom stereocenters. The summed E-state index contributed by atoms with van der Waals surface area (Å²) in [6, 6.07) is 9.55. The number of rotatable bonds is 3. The SMILES string of the molecule is OC(O)c1[nH]nnc1Oc1csc(C#Cc2ccccc2)n1. The van der Waals surface area contributed by atoms with Gasteiger partial charge < -0.3 is 14.9 Å². The van der Waals surface area contributed by atoms with Crippen LogP contribution in [0.4, 0.5) is 0 Å². The molecule has 3 N–H and O–H groups in total. The average Bonchev–Trinajstić information content (AvgIpc) is 3.16. The highest BCUT2D eigenvalue weighted by Crippen LogP contribution is 2.25. The fourth-order valence-electron chi connectivity index (χ4n) is 1.58. The molecule has 0 amide bonds. The first-order valence-corrected chi connectivity index (χ1v) is 7.08. The summed E-state index contributed by atoms with van der Waals surface area (Å²) in [6.45, 7) is 0. The van der Waals surface area contributed by atoms with Gasteiger partial charge in [-0.3, -0.25) is 5.10 Å². The number of hydrogen-bond acceptors (Lipinski definition) is 7. The summed E-state index contributed by atoms with van der Waals surface area (Å²) in [5.74, 6) is 6.15. The minimum atomic E-state index is -1.75. The quantitative estimate of drug-likeness (QED) is 0.499. The fourth-order valence-corrected chi connectivity index (χ4v) is 2.14. The number of aliphatic hydroxyl groups is 2. The Bertz CT molecular complexity index is 817. The van der Waals surface area contributed by atoms with E-state index < -0.39 is 6.29 Å². The Balaban J connectivity index is 1.74. The van der Waals surface area contributed by atoms with Gasteiger partial charge in [-0.05, 0) is 18.1 Å². The molecule has 2 heterocycles. The van der Waals surface area contributed by atoms with Crippen LogP contribution in [0.3, 0.4) is 0 Å². The van der Waals surface area contributed by atoms with Crippen LogP contribution in [-0.2, 0) is 0 Å². The van der Waals surface area contributed by atoms with Gasteiger partial charge in [-0.15, -0.1) is 11.3 Å². The van der Waals surface area contributed by atoms with Crippen LogP contribution in [0.15, 0.2) is 35.7 Å². The van der Waals surface area contributed by atoms with Crippen molar-refractivity contribution in [2.75, 3.05) is 0 Å². The van der Waals surface area contributed by atoms with Crippen molar-refractivity contribution in [2.24, 2.45) is 0 Å². The standard InChI is InChI=1S/C14H10N4O3S/c19-14(20)12-13(17-18-16-12)21-10-8-22-11(15-10)7-6-9-4-2-1-3-5-9/h1-5,8,14,19-20H,(H,16,17,18). The van der Waals surface area contributed by atoms with Gasteiger partial charge in [0.15, 0.2) is 10.7 Å². The second-order valence-corrected chi connectivity index (χ2v) is 4.97. The van der Waals surface area contributed by atoms with E-state index >= 15 is 0 Å². The van der Waals surface area contributed by atoms with E-state index in [1.807, 2.05) is 30.3 Å². The zero-order valence-corrected chi connectivity index (χ0v) is 11.9. The Kier molecular flexibility index (Phi) is 4.11. The number of hydrogen-bond donors (Lipinski definition) is 3. The zero-order chi connectivity index (χ0) is 15.4.